The van der Waals surface area contributed by atoms with E-state index in [2.05, 4.69) is 42.0 Å². The van der Waals surface area contributed by atoms with Crippen LogP contribution >= 0.6 is 22.7 Å². The second-order valence-corrected chi connectivity index (χ2v) is 9.51. The van der Waals surface area contributed by atoms with E-state index < -0.39 is 0 Å². The van der Waals surface area contributed by atoms with Gasteiger partial charge in [0.1, 0.15) is 0 Å². The molecule has 0 unspecified atom stereocenters. The number of hydrogen-bond donors (Lipinski definition) is 0. The van der Waals surface area contributed by atoms with Gasteiger partial charge >= 0.3 is 0 Å². The maximum Gasteiger partial charge on any atom is 0.0452 e. The van der Waals surface area contributed by atoms with Crippen LogP contribution in [-0.4, -0.2) is 0 Å². The summed E-state index contributed by atoms with van der Waals surface area (Å²) in [5.41, 5.74) is 0. The number of unbranched alkanes of at least 4 members (excludes halogenated alkanes) is 10. The third-order valence-corrected chi connectivity index (χ3v) is 7.57. The Balaban J connectivity index is 1.77. The predicted molar refractivity (Wildman–Crippen MR) is 118 cm³/mol. The molecule has 0 fully saturated rings. The van der Waals surface area contributed by atoms with Crippen molar-refractivity contribution in [1.29, 1.82) is 0 Å². The smallest absolute Gasteiger partial charge is 0.0452 e. The van der Waals surface area contributed by atoms with E-state index in [-0.39, 0.29) is 0 Å². The summed E-state index contributed by atoms with van der Waals surface area (Å²) >= 11 is 3.91. The summed E-state index contributed by atoms with van der Waals surface area (Å²) in [7, 11) is 0. The highest BCUT2D eigenvalue weighted by molar-refractivity contribution is 7.22. The molecule has 0 nitrogen and oxygen atoms in total. The fourth-order valence-electron chi connectivity index (χ4n) is 3.77. The van der Waals surface area contributed by atoms with Crippen LogP contribution in [0.1, 0.15) is 115 Å². The average molecular weight is 379 g/mol. The van der Waals surface area contributed by atoms with E-state index in [0.717, 1.165) is 5.92 Å². The Bertz CT molecular complexity index is 507. The Kier molecular flexibility index (Phi) is 10.8. The van der Waals surface area contributed by atoms with Gasteiger partial charge in [-0.15, -0.1) is 11.3 Å². The lowest BCUT2D eigenvalue weighted by Gasteiger charge is -2.15. The van der Waals surface area contributed by atoms with Crippen molar-refractivity contribution in [3.8, 4) is 0 Å². The van der Waals surface area contributed by atoms with Crippen LogP contribution in [0.15, 0.2) is 16.8 Å². The van der Waals surface area contributed by atoms with Gasteiger partial charge in [0.05, 0.1) is 0 Å². The molecule has 0 saturated heterocycles. The van der Waals surface area contributed by atoms with Crippen molar-refractivity contribution in [3.05, 3.63) is 21.7 Å². The minimum atomic E-state index is 0.819. The Morgan fingerprint density at radius 2 is 1.28 bits per heavy atom. The molecule has 0 aliphatic heterocycles. The fourth-order valence-corrected chi connectivity index (χ4v) is 5.95. The molecule has 0 aliphatic rings. The zero-order chi connectivity index (χ0) is 17.7. The molecule has 0 aliphatic carbocycles. The van der Waals surface area contributed by atoms with Gasteiger partial charge in [0.15, 0.2) is 0 Å². The number of hydrogen-bond acceptors (Lipinski definition) is 2. The highest BCUT2D eigenvalue weighted by Crippen LogP contribution is 2.38. The molecule has 0 bridgehead atoms. The van der Waals surface area contributed by atoms with Crippen LogP contribution < -0.4 is 0 Å². The zero-order valence-electron chi connectivity index (χ0n) is 16.5. The molecule has 2 heteroatoms. The van der Waals surface area contributed by atoms with Crippen molar-refractivity contribution >= 4 is 32.8 Å². The van der Waals surface area contributed by atoms with Crippen molar-refractivity contribution < 1.29 is 0 Å². The molecule has 142 valence electrons. The largest absolute Gasteiger partial charge is 0.150 e. The highest BCUT2D eigenvalue weighted by atomic mass is 32.1. The molecule has 0 amide bonds. The third-order valence-electron chi connectivity index (χ3n) is 5.39. The molecule has 25 heavy (non-hydrogen) atoms. The summed E-state index contributed by atoms with van der Waals surface area (Å²) in [6, 6.07) is 2.50. The normalized spacial score (nSPS) is 11.8. The summed E-state index contributed by atoms with van der Waals surface area (Å²) in [5, 5.41) is 6.14. The second kappa shape index (κ2) is 12.9. The second-order valence-electron chi connectivity index (χ2n) is 7.65. The van der Waals surface area contributed by atoms with Gasteiger partial charge in [0, 0.05) is 20.3 Å². The minimum absolute atomic E-state index is 0.819. The van der Waals surface area contributed by atoms with Gasteiger partial charge in [-0.25, -0.2) is 0 Å². The van der Waals surface area contributed by atoms with E-state index in [1.165, 1.54) is 100.0 Å². The van der Waals surface area contributed by atoms with E-state index in [4.69, 9.17) is 0 Å². The Morgan fingerprint density at radius 3 is 1.84 bits per heavy atom. The molecule has 0 N–H and O–H groups in total. The van der Waals surface area contributed by atoms with Crippen LogP contribution in [-0.2, 0) is 0 Å². The third kappa shape index (κ3) is 7.83. The monoisotopic (exact) mass is 378 g/mol. The Labute approximate surface area is 164 Å². The molecule has 0 aromatic carbocycles. The first-order valence-electron chi connectivity index (χ1n) is 10.8. The van der Waals surface area contributed by atoms with Crippen LogP contribution in [0.25, 0.3) is 10.1 Å². The fraction of sp³-hybridized carbons (Fsp3) is 0.739. The molecular formula is C23H38S2. The molecule has 2 aromatic rings. The maximum absolute atomic E-state index is 2.50. The van der Waals surface area contributed by atoms with E-state index in [9.17, 15) is 0 Å². The van der Waals surface area contributed by atoms with Gasteiger partial charge in [-0.3, -0.25) is 0 Å². The van der Waals surface area contributed by atoms with Crippen LogP contribution in [0, 0.1) is 0 Å². The number of thiophene rings is 2. The van der Waals surface area contributed by atoms with Crippen LogP contribution in [0.4, 0.5) is 0 Å². The van der Waals surface area contributed by atoms with Gasteiger partial charge in [-0.05, 0) is 30.2 Å². The zero-order valence-corrected chi connectivity index (χ0v) is 18.2. The summed E-state index contributed by atoms with van der Waals surface area (Å²) in [6.07, 6.45) is 19.8. The van der Waals surface area contributed by atoms with Crippen molar-refractivity contribution in [2.24, 2.45) is 0 Å². The summed E-state index contributed by atoms with van der Waals surface area (Å²) in [6.45, 7) is 4.61. The first-order chi connectivity index (χ1) is 12.3. The van der Waals surface area contributed by atoms with Gasteiger partial charge in [-0.1, -0.05) is 90.9 Å². The lowest BCUT2D eigenvalue weighted by atomic mass is 9.92. The van der Waals surface area contributed by atoms with E-state index in [0.29, 0.717) is 0 Å². The minimum Gasteiger partial charge on any atom is -0.150 e. The molecule has 2 aromatic heterocycles. The first kappa shape index (κ1) is 21.0. The number of rotatable bonds is 15. The van der Waals surface area contributed by atoms with Gasteiger partial charge < -0.3 is 0 Å². The van der Waals surface area contributed by atoms with Gasteiger partial charge in [0.25, 0.3) is 0 Å². The topological polar surface area (TPSA) is 0 Å². The SMILES string of the molecule is CCCCCCCCC(CCCCCCCC)c1cc2cscc2s1. The Morgan fingerprint density at radius 1 is 0.720 bits per heavy atom. The van der Waals surface area contributed by atoms with Crippen molar-refractivity contribution in [3.63, 3.8) is 0 Å². The molecule has 0 atom stereocenters. The molecule has 0 saturated carbocycles. The highest BCUT2D eigenvalue weighted by Gasteiger charge is 2.15. The molecular weight excluding hydrogens is 340 g/mol. The molecule has 2 heterocycles. The lowest BCUT2D eigenvalue weighted by molar-refractivity contribution is 0.491. The summed E-state index contributed by atoms with van der Waals surface area (Å²) < 4.78 is 1.51. The molecule has 0 radical (unpaired) electrons. The van der Waals surface area contributed by atoms with E-state index in [1.807, 2.05) is 11.3 Å². The summed E-state index contributed by atoms with van der Waals surface area (Å²) in [4.78, 5) is 1.67. The van der Waals surface area contributed by atoms with Crippen LogP contribution in [0.5, 0.6) is 0 Å². The lowest BCUT2D eigenvalue weighted by Crippen LogP contribution is -1.97. The molecule has 2 rings (SSSR count). The molecule has 0 spiro atoms. The van der Waals surface area contributed by atoms with Crippen molar-refractivity contribution in [2.45, 2.75) is 110 Å². The number of fused-ring (bicyclic) bond motifs is 1. The van der Waals surface area contributed by atoms with Gasteiger partial charge in [-0.2, -0.15) is 11.3 Å². The quantitative estimate of drug-likeness (QED) is 0.271. The van der Waals surface area contributed by atoms with Crippen LogP contribution in [0.3, 0.4) is 0 Å². The van der Waals surface area contributed by atoms with Gasteiger partial charge in [0.2, 0.25) is 0 Å². The van der Waals surface area contributed by atoms with E-state index >= 15 is 0 Å². The van der Waals surface area contributed by atoms with Crippen molar-refractivity contribution in [2.75, 3.05) is 0 Å². The first-order valence-corrected chi connectivity index (χ1v) is 12.6. The van der Waals surface area contributed by atoms with E-state index in [1.54, 1.807) is 4.88 Å². The van der Waals surface area contributed by atoms with Crippen molar-refractivity contribution in [1.82, 2.24) is 0 Å². The summed E-state index contributed by atoms with van der Waals surface area (Å²) in [5.74, 6) is 0.819. The van der Waals surface area contributed by atoms with Crippen LogP contribution in [0.2, 0.25) is 0 Å². The Hall–Kier alpha value is -0.340. The maximum atomic E-state index is 2.50. The predicted octanol–water partition coefficient (Wildman–Crippen LogP) is 9.55. The standard InChI is InChI=1S/C23H38S2/c1-3-5-7-9-11-13-15-20(16-14-12-10-8-6-4-2)22-17-21-18-24-19-23(21)25-22/h17-20H,3-16H2,1-2H3. The average Bonchev–Trinajstić information content (AvgIpc) is 3.21.